The lowest BCUT2D eigenvalue weighted by atomic mass is 9.75. The molecule has 0 unspecified atom stereocenters. The summed E-state index contributed by atoms with van der Waals surface area (Å²) in [5.41, 5.74) is 0.0104. The molecule has 0 spiro atoms. The molecule has 0 radical (unpaired) electrons. The van der Waals surface area contributed by atoms with Crippen LogP contribution in [0.5, 0.6) is 0 Å². The van der Waals surface area contributed by atoms with Crippen molar-refractivity contribution in [2.75, 3.05) is 19.8 Å². The van der Waals surface area contributed by atoms with Gasteiger partial charge >= 0.3 is 5.97 Å². The Balaban J connectivity index is 2.51. The van der Waals surface area contributed by atoms with E-state index in [4.69, 9.17) is 9.47 Å². The van der Waals surface area contributed by atoms with Gasteiger partial charge in [-0.05, 0) is 32.3 Å². The summed E-state index contributed by atoms with van der Waals surface area (Å²) in [6, 6.07) is 9.67. The lowest BCUT2D eigenvalue weighted by molar-refractivity contribution is -0.148. The minimum atomic E-state index is -0.883. The number of nitrogens with zero attached hydrogens (tertiary/aromatic N) is 1. The monoisotopic (exact) mass is 275 g/mol. The Morgan fingerprint density at radius 3 is 2.65 bits per heavy atom. The molecular formula is C16H21NO3. The van der Waals surface area contributed by atoms with Gasteiger partial charge in [-0.15, -0.1) is 0 Å². The van der Waals surface area contributed by atoms with E-state index in [1.54, 1.807) is 0 Å². The maximum Gasteiger partial charge on any atom is 0.326 e. The highest BCUT2D eigenvalue weighted by molar-refractivity contribution is 6.09. The molecule has 1 aliphatic heterocycles. The molecule has 1 aromatic rings. The van der Waals surface area contributed by atoms with Crippen LogP contribution in [0.15, 0.2) is 35.3 Å². The van der Waals surface area contributed by atoms with Crippen LogP contribution in [-0.4, -0.2) is 31.6 Å². The molecule has 0 saturated carbocycles. The molecule has 0 amide bonds. The average molecular weight is 275 g/mol. The molecule has 0 aromatic heterocycles. The van der Waals surface area contributed by atoms with Crippen molar-refractivity contribution in [3.8, 4) is 0 Å². The molecule has 4 nitrogen and oxygen atoms in total. The molecule has 1 aromatic carbocycles. The first-order chi connectivity index (χ1) is 9.75. The van der Waals surface area contributed by atoms with Crippen molar-refractivity contribution in [1.82, 2.24) is 0 Å². The summed E-state index contributed by atoms with van der Waals surface area (Å²) in [6.07, 6.45) is 1.53. The fourth-order valence-corrected chi connectivity index (χ4v) is 2.62. The van der Waals surface area contributed by atoms with Gasteiger partial charge in [-0.1, -0.05) is 30.3 Å². The first-order valence-corrected chi connectivity index (χ1v) is 7.16. The summed E-state index contributed by atoms with van der Waals surface area (Å²) in [5.74, 6) is 0.231. The van der Waals surface area contributed by atoms with Gasteiger partial charge in [0.1, 0.15) is 0 Å². The quantitative estimate of drug-likeness (QED) is 0.794. The molecule has 1 aliphatic rings. The minimum Gasteiger partial charge on any atom is -0.480 e. The summed E-state index contributed by atoms with van der Waals surface area (Å²) < 4.78 is 11.0. The Labute approximate surface area is 119 Å². The van der Waals surface area contributed by atoms with Gasteiger partial charge in [-0.3, -0.25) is 9.79 Å². The average Bonchev–Trinajstić information content (AvgIpc) is 2.49. The second kappa shape index (κ2) is 6.55. The van der Waals surface area contributed by atoms with Gasteiger partial charge < -0.3 is 9.47 Å². The van der Waals surface area contributed by atoms with Crippen molar-refractivity contribution in [2.45, 2.75) is 32.1 Å². The highest BCUT2D eigenvalue weighted by Gasteiger charge is 2.49. The highest BCUT2D eigenvalue weighted by Crippen LogP contribution is 2.36. The van der Waals surface area contributed by atoms with Gasteiger partial charge in [-0.2, -0.15) is 0 Å². The van der Waals surface area contributed by atoms with Crippen LogP contribution in [-0.2, 0) is 19.7 Å². The van der Waals surface area contributed by atoms with E-state index >= 15 is 0 Å². The normalized spacial score (nSPS) is 22.0. The van der Waals surface area contributed by atoms with Crippen LogP contribution < -0.4 is 0 Å². The zero-order chi connectivity index (χ0) is 14.4. The third kappa shape index (κ3) is 2.55. The smallest absolute Gasteiger partial charge is 0.326 e. The predicted octanol–water partition coefficient (Wildman–Crippen LogP) is 2.72. The number of benzene rings is 1. The molecule has 0 aliphatic carbocycles. The van der Waals surface area contributed by atoms with Crippen LogP contribution in [0.3, 0.4) is 0 Å². The van der Waals surface area contributed by atoms with Crippen LogP contribution in [0.25, 0.3) is 0 Å². The van der Waals surface area contributed by atoms with Crippen LogP contribution >= 0.6 is 0 Å². The van der Waals surface area contributed by atoms with Gasteiger partial charge in [0.15, 0.2) is 5.41 Å². The Morgan fingerprint density at radius 2 is 2.00 bits per heavy atom. The molecule has 0 fully saturated rings. The van der Waals surface area contributed by atoms with E-state index in [1.807, 2.05) is 44.2 Å². The van der Waals surface area contributed by atoms with E-state index in [9.17, 15) is 4.79 Å². The standard InChI is InChI=1S/C16H21NO3/c1-3-19-14-16(11-8-12-17-14,15(18)20-4-2)13-9-6-5-7-10-13/h5-7,9-10H,3-4,8,11-12H2,1-2H3/t16-/m0/s1. The van der Waals surface area contributed by atoms with E-state index in [-0.39, 0.29) is 5.97 Å². The van der Waals surface area contributed by atoms with Crippen LogP contribution in [0.4, 0.5) is 0 Å². The summed E-state index contributed by atoms with van der Waals surface area (Å²) in [4.78, 5) is 17.1. The zero-order valence-electron chi connectivity index (χ0n) is 12.1. The van der Waals surface area contributed by atoms with E-state index < -0.39 is 5.41 Å². The van der Waals surface area contributed by atoms with Crippen molar-refractivity contribution in [1.29, 1.82) is 0 Å². The number of carbonyl (C=O) groups is 1. The Hall–Kier alpha value is -1.84. The number of ether oxygens (including phenoxy) is 2. The molecule has 0 N–H and O–H groups in total. The lowest BCUT2D eigenvalue weighted by Gasteiger charge is -2.34. The number of hydrogen-bond donors (Lipinski definition) is 0. The molecular weight excluding hydrogens is 254 g/mol. The summed E-state index contributed by atoms with van der Waals surface area (Å²) in [6.45, 7) is 5.26. The van der Waals surface area contributed by atoms with Crippen LogP contribution in [0.1, 0.15) is 32.3 Å². The maximum atomic E-state index is 12.6. The first-order valence-electron chi connectivity index (χ1n) is 7.16. The van der Waals surface area contributed by atoms with E-state index in [1.165, 1.54) is 0 Å². The second-order valence-electron chi connectivity index (χ2n) is 4.72. The molecule has 1 atom stereocenters. The summed E-state index contributed by atoms with van der Waals surface area (Å²) >= 11 is 0. The lowest BCUT2D eigenvalue weighted by Crippen LogP contribution is -2.48. The number of rotatable bonds is 4. The number of aliphatic imine (C=N–C) groups is 1. The summed E-state index contributed by atoms with van der Waals surface area (Å²) in [5, 5.41) is 0. The van der Waals surface area contributed by atoms with Gasteiger partial charge in [0, 0.05) is 6.54 Å². The third-order valence-corrected chi connectivity index (χ3v) is 3.50. The fraction of sp³-hybridized carbons (Fsp3) is 0.500. The van der Waals surface area contributed by atoms with Crippen molar-refractivity contribution in [3.63, 3.8) is 0 Å². The van der Waals surface area contributed by atoms with Crippen molar-refractivity contribution in [2.24, 2.45) is 4.99 Å². The fourth-order valence-electron chi connectivity index (χ4n) is 2.62. The number of carbonyl (C=O) groups excluding carboxylic acids is 1. The van der Waals surface area contributed by atoms with Gasteiger partial charge in [0.25, 0.3) is 0 Å². The van der Waals surface area contributed by atoms with Crippen LogP contribution in [0.2, 0.25) is 0 Å². The topological polar surface area (TPSA) is 47.9 Å². The zero-order valence-corrected chi connectivity index (χ0v) is 12.1. The maximum absolute atomic E-state index is 12.6. The van der Waals surface area contributed by atoms with Crippen molar-refractivity contribution in [3.05, 3.63) is 35.9 Å². The molecule has 0 saturated heterocycles. The Bertz CT molecular complexity index is 484. The minimum absolute atomic E-state index is 0.266. The van der Waals surface area contributed by atoms with Gasteiger partial charge in [0.05, 0.1) is 13.2 Å². The molecule has 4 heteroatoms. The Morgan fingerprint density at radius 1 is 1.25 bits per heavy atom. The van der Waals surface area contributed by atoms with Crippen molar-refractivity contribution < 1.29 is 14.3 Å². The summed E-state index contributed by atoms with van der Waals surface area (Å²) in [7, 11) is 0. The van der Waals surface area contributed by atoms with Gasteiger partial charge in [-0.25, -0.2) is 0 Å². The van der Waals surface area contributed by atoms with Crippen molar-refractivity contribution >= 4 is 11.9 Å². The Kier molecular flexibility index (Phi) is 4.77. The molecule has 20 heavy (non-hydrogen) atoms. The largest absolute Gasteiger partial charge is 0.480 e. The van der Waals surface area contributed by atoms with E-state index in [2.05, 4.69) is 4.99 Å². The predicted molar refractivity (Wildman–Crippen MR) is 77.9 cm³/mol. The van der Waals surface area contributed by atoms with Crippen LogP contribution in [0, 0.1) is 0 Å². The first kappa shape index (κ1) is 14.6. The van der Waals surface area contributed by atoms with Gasteiger partial charge in [0.2, 0.25) is 5.90 Å². The number of esters is 1. The molecule has 0 bridgehead atoms. The molecule has 1 heterocycles. The van der Waals surface area contributed by atoms with E-state index in [0.717, 1.165) is 12.0 Å². The highest BCUT2D eigenvalue weighted by atomic mass is 16.5. The molecule has 2 rings (SSSR count). The SMILES string of the molecule is CCOC(=O)[C@]1(c2ccccc2)CCCN=C1OCC. The third-order valence-electron chi connectivity index (χ3n) is 3.50. The van der Waals surface area contributed by atoms with E-state index in [0.29, 0.717) is 32.1 Å². The second-order valence-corrected chi connectivity index (χ2v) is 4.72. The molecule has 108 valence electrons. The number of hydrogen-bond acceptors (Lipinski definition) is 4.